The molecule has 5 rings (SSSR count). The molecule has 3 heterocycles. The lowest BCUT2D eigenvalue weighted by molar-refractivity contribution is 0.0933. The van der Waals surface area contributed by atoms with Gasteiger partial charge in [0.15, 0.2) is 16.6 Å². The molecule has 0 saturated carbocycles. The molecule has 0 bridgehead atoms. The van der Waals surface area contributed by atoms with Crippen LogP contribution in [0.4, 0.5) is 15.3 Å². The molecule has 214 valence electrons. The Morgan fingerprint density at radius 2 is 1.62 bits per heavy atom. The molecule has 0 aliphatic carbocycles. The Balaban J connectivity index is 1.36. The molecule has 3 aromatic heterocycles. The van der Waals surface area contributed by atoms with Crippen LogP contribution >= 0.6 is 23.1 Å². The summed E-state index contributed by atoms with van der Waals surface area (Å²) >= 11 is 2.57. The fraction of sp³-hybridized carbons (Fsp3) is 0.188. The van der Waals surface area contributed by atoms with Gasteiger partial charge < -0.3 is 15.5 Å². The SMILES string of the molecule is Cc1ccnc(Nc2ncc(Sc3ccnc(C(=O)NCC(CN(C)C)(c4ccccc4)c4ccccc4)c3F)s2)c1. The van der Waals surface area contributed by atoms with Crippen LogP contribution in [0.2, 0.25) is 0 Å². The summed E-state index contributed by atoms with van der Waals surface area (Å²) in [5.74, 6) is -0.547. The monoisotopic (exact) mass is 598 g/mol. The molecule has 0 saturated heterocycles. The van der Waals surface area contributed by atoms with Gasteiger partial charge >= 0.3 is 0 Å². The van der Waals surface area contributed by atoms with Crippen molar-refractivity contribution in [3.8, 4) is 0 Å². The van der Waals surface area contributed by atoms with Crippen LogP contribution in [0.5, 0.6) is 0 Å². The van der Waals surface area contributed by atoms with E-state index in [9.17, 15) is 4.79 Å². The summed E-state index contributed by atoms with van der Waals surface area (Å²) in [4.78, 5) is 28.6. The molecule has 5 aromatic rings. The van der Waals surface area contributed by atoms with Crippen LogP contribution < -0.4 is 10.6 Å². The van der Waals surface area contributed by atoms with Crippen molar-refractivity contribution < 1.29 is 9.18 Å². The normalized spacial score (nSPS) is 11.5. The molecule has 10 heteroatoms. The molecule has 0 spiro atoms. The van der Waals surface area contributed by atoms with E-state index >= 15 is 4.39 Å². The van der Waals surface area contributed by atoms with Crippen molar-refractivity contribution in [3.63, 3.8) is 0 Å². The van der Waals surface area contributed by atoms with Crippen molar-refractivity contribution >= 4 is 40.0 Å². The number of hydrogen-bond donors (Lipinski definition) is 2. The second-order valence-electron chi connectivity index (χ2n) is 10.1. The molecule has 0 aliphatic rings. The predicted molar refractivity (Wildman–Crippen MR) is 167 cm³/mol. The first-order chi connectivity index (χ1) is 20.3. The van der Waals surface area contributed by atoms with Gasteiger partial charge in [0, 0.05) is 25.5 Å². The molecule has 0 radical (unpaired) electrons. The Kier molecular flexibility index (Phi) is 9.26. The number of nitrogens with one attached hydrogen (secondary N) is 2. The van der Waals surface area contributed by atoms with Gasteiger partial charge in [-0.3, -0.25) is 4.79 Å². The predicted octanol–water partition coefficient (Wildman–Crippen LogP) is 6.55. The van der Waals surface area contributed by atoms with Crippen molar-refractivity contribution in [1.29, 1.82) is 0 Å². The number of pyridine rings is 2. The topological polar surface area (TPSA) is 83.0 Å². The summed E-state index contributed by atoms with van der Waals surface area (Å²) in [6, 6.07) is 25.5. The number of amides is 1. The lowest BCUT2D eigenvalue weighted by Gasteiger charge is -2.37. The molecule has 2 N–H and O–H groups in total. The third-order valence-electron chi connectivity index (χ3n) is 6.70. The maximum absolute atomic E-state index is 15.7. The highest BCUT2D eigenvalue weighted by Gasteiger charge is 2.36. The fourth-order valence-electron chi connectivity index (χ4n) is 4.83. The van der Waals surface area contributed by atoms with Crippen molar-refractivity contribution in [3.05, 3.63) is 126 Å². The molecule has 0 atom stereocenters. The van der Waals surface area contributed by atoms with E-state index in [1.165, 1.54) is 29.3 Å². The van der Waals surface area contributed by atoms with Crippen molar-refractivity contribution in [2.45, 2.75) is 21.4 Å². The first-order valence-corrected chi connectivity index (χ1v) is 15.0. The van der Waals surface area contributed by atoms with E-state index in [4.69, 9.17) is 0 Å². The molecule has 0 fully saturated rings. The summed E-state index contributed by atoms with van der Waals surface area (Å²) in [5.41, 5.74) is 2.38. The second kappa shape index (κ2) is 13.2. The number of nitrogens with zero attached hydrogens (tertiary/aromatic N) is 4. The van der Waals surface area contributed by atoms with E-state index in [-0.39, 0.29) is 12.2 Å². The van der Waals surface area contributed by atoms with Gasteiger partial charge in [0.1, 0.15) is 5.82 Å². The van der Waals surface area contributed by atoms with Crippen molar-refractivity contribution in [2.24, 2.45) is 0 Å². The van der Waals surface area contributed by atoms with Crippen molar-refractivity contribution in [2.75, 3.05) is 32.5 Å². The van der Waals surface area contributed by atoms with Gasteiger partial charge in [-0.25, -0.2) is 19.3 Å². The molecule has 0 aliphatic heterocycles. The Bertz CT molecular complexity index is 1610. The van der Waals surface area contributed by atoms with Crippen LogP contribution in [-0.2, 0) is 5.41 Å². The van der Waals surface area contributed by atoms with E-state index in [1.54, 1.807) is 18.5 Å². The summed E-state index contributed by atoms with van der Waals surface area (Å²) in [7, 11) is 4.00. The van der Waals surface area contributed by atoms with E-state index in [2.05, 4.69) is 54.8 Å². The molecule has 1 amide bonds. The summed E-state index contributed by atoms with van der Waals surface area (Å²) in [6.45, 7) is 2.88. The van der Waals surface area contributed by atoms with Gasteiger partial charge in [-0.15, -0.1) is 0 Å². The maximum Gasteiger partial charge on any atom is 0.273 e. The van der Waals surface area contributed by atoms with Gasteiger partial charge in [-0.05, 0) is 55.9 Å². The zero-order valence-corrected chi connectivity index (χ0v) is 25.2. The summed E-state index contributed by atoms with van der Waals surface area (Å²) in [6.07, 6.45) is 4.85. The number of hydrogen-bond acceptors (Lipinski definition) is 8. The Morgan fingerprint density at radius 3 is 2.26 bits per heavy atom. The Hall–Kier alpha value is -4.12. The number of carbonyl (C=O) groups is 1. The molecule has 2 aromatic carbocycles. The molecule has 42 heavy (non-hydrogen) atoms. The first kappa shape index (κ1) is 29.4. The number of rotatable bonds is 11. The van der Waals surface area contributed by atoms with E-state index < -0.39 is 17.1 Å². The molecular formula is C32H31FN6OS2. The second-order valence-corrected chi connectivity index (χ2v) is 12.5. The molecular weight excluding hydrogens is 568 g/mol. The molecule has 7 nitrogen and oxygen atoms in total. The lowest BCUT2D eigenvalue weighted by atomic mass is 9.73. The number of aryl methyl sites for hydroxylation is 1. The fourth-order valence-corrected chi connectivity index (χ4v) is 6.70. The minimum Gasteiger partial charge on any atom is -0.349 e. The number of thiazole rings is 1. The van der Waals surface area contributed by atoms with Crippen LogP contribution in [0.3, 0.4) is 0 Å². The van der Waals surface area contributed by atoms with Gasteiger partial charge in [0.2, 0.25) is 0 Å². The number of likely N-dealkylation sites (N-methyl/N-ethyl adjacent to an activating group) is 1. The highest BCUT2D eigenvalue weighted by molar-refractivity contribution is 8.01. The highest BCUT2D eigenvalue weighted by atomic mass is 32.2. The van der Waals surface area contributed by atoms with Gasteiger partial charge in [0.05, 0.1) is 20.7 Å². The largest absolute Gasteiger partial charge is 0.349 e. The third kappa shape index (κ3) is 6.84. The Labute approximate surface area is 253 Å². The van der Waals surface area contributed by atoms with Gasteiger partial charge in [-0.2, -0.15) is 0 Å². The lowest BCUT2D eigenvalue weighted by Crippen LogP contribution is -2.48. The standard InChI is InChI=1S/C32H31FN6OS2/c1-22-14-16-34-26(18-22)38-31-36-19-27(42-31)41-25-15-17-35-29(28(25)33)30(40)37-20-32(21-39(2)3,23-10-6-4-7-11-23)24-12-8-5-9-13-24/h4-19H,20-21H2,1-3H3,(H,37,40)(H,34,36,38). The molecule has 0 unspecified atom stereocenters. The van der Waals surface area contributed by atoms with Crippen LogP contribution in [0.15, 0.2) is 107 Å². The average Bonchev–Trinajstić information content (AvgIpc) is 3.43. The van der Waals surface area contributed by atoms with E-state index in [0.29, 0.717) is 22.4 Å². The van der Waals surface area contributed by atoms with Gasteiger partial charge in [-0.1, -0.05) is 83.8 Å². The maximum atomic E-state index is 15.7. The average molecular weight is 599 g/mol. The quantitative estimate of drug-likeness (QED) is 0.178. The van der Waals surface area contributed by atoms with Crippen molar-refractivity contribution in [1.82, 2.24) is 25.2 Å². The number of benzene rings is 2. The number of carbonyl (C=O) groups excluding carboxylic acids is 1. The zero-order chi connectivity index (χ0) is 29.5. The minimum absolute atomic E-state index is 0.244. The number of anilines is 2. The third-order valence-corrected chi connectivity index (χ3v) is 8.75. The van der Waals surface area contributed by atoms with Crippen LogP contribution in [0.1, 0.15) is 27.2 Å². The minimum atomic E-state index is -0.666. The first-order valence-electron chi connectivity index (χ1n) is 13.4. The van der Waals surface area contributed by atoms with E-state index in [1.807, 2.05) is 69.6 Å². The smallest absolute Gasteiger partial charge is 0.273 e. The highest BCUT2D eigenvalue weighted by Crippen LogP contribution is 2.37. The zero-order valence-electron chi connectivity index (χ0n) is 23.5. The van der Waals surface area contributed by atoms with Crippen LogP contribution in [0, 0.1) is 12.7 Å². The van der Waals surface area contributed by atoms with Crippen LogP contribution in [0.25, 0.3) is 0 Å². The van der Waals surface area contributed by atoms with Crippen LogP contribution in [-0.4, -0.2) is 52.9 Å². The van der Waals surface area contributed by atoms with E-state index in [0.717, 1.165) is 20.9 Å². The summed E-state index contributed by atoms with van der Waals surface area (Å²) < 4.78 is 16.5. The van der Waals surface area contributed by atoms with Gasteiger partial charge in [0.25, 0.3) is 5.91 Å². The number of aromatic nitrogens is 3. The Morgan fingerprint density at radius 1 is 0.952 bits per heavy atom. The summed E-state index contributed by atoms with van der Waals surface area (Å²) in [5, 5.41) is 6.82. The number of halogens is 1.